The Morgan fingerprint density at radius 3 is 0.960 bits per heavy atom. The van der Waals surface area contributed by atoms with E-state index in [1.54, 1.807) is 13.3 Å². The van der Waals surface area contributed by atoms with E-state index in [2.05, 4.69) is 96.1 Å². The van der Waals surface area contributed by atoms with Crippen LogP contribution in [0.15, 0.2) is 54.6 Å². The largest absolute Gasteiger partial charge is 0.384 e. The Balaban J connectivity index is 2.27. The summed E-state index contributed by atoms with van der Waals surface area (Å²) >= 11 is -1.49. The first-order valence-corrected chi connectivity index (χ1v) is 10.8. The highest BCUT2D eigenvalue weighted by atomic mass is 27.2. The molecule has 3 aromatic carbocycles. The molecule has 25 heavy (non-hydrogen) atoms. The Bertz CT molecular complexity index is 799. The molecule has 0 N–H and O–H groups in total. The van der Waals surface area contributed by atoms with Gasteiger partial charge in [0.2, 0.25) is 0 Å². The lowest BCUT2D eigenvalue weighted by Gasteiger charge is -2.21. The average molecular weight is 342 g/mol. The Morgan fingerprint density at radius 1 is 0.440 bits per heavy atom. The standard InChI is InChI=1S/3C8H9.Al/c3*1-7-4-3-5-8(2)6-7;/h3*3-4,6H,1-2H3;. The Hall–Kier alpha value is -1.81. The van der Waals surface area contributed by atoms with Gasteiger partial charge in [-0.25, -0.2) is 0 Å². The van der Waals surface area contributed by atoms with Crippen LogP contribution in [0.25, 0.3) is 0 Å². The summed E-state index contributed by atoms with van der Waals surface area (Å²) in [5.74, 6) is 0. The maximum atomic E-state index is 2.38. The zero-order valence-electron chi connectivity index (χ0n) is 16.3. The molecule has 0 aliphatic heterocycles. The summed E-state index contributed by atoms with van der Waals surface area (Å²) in [6, 6.07) is 21.0. The fraction of sp³-hybridized carbons (Fsp3) is 0.250. The molecule has 1 heteroatoms. The summed E-state index contributed by atoms with van der Waals surface area (Å²) < 4.78 is 4.64. The molecule has 0 nitrogen and oxygen atoms in total. The number of rotatable bonds is 3. The molecule has 3 aromatic rings. The van der Waals surface area contributed by atoms with Crippen molar-refractivity contribution in [2.75, 3.05) is 0 Å². The van der Waals surface area contributed by atoms with Gasteiger partial charge < -0.3 is 0 Å². The smallest absolute Gasteiger partial charge is 0.0958 e. The topological polar surface area (TPSA) is 0 Å². The molecule has 0 aromatic heterocycles. The second-order valence-corrected chi connectivity index (χ2v) is 10.2. The van der Waals surface area contributed by atoms with E-state index in [0.29, 0.717) is 0 Å². The predicted molar refractivity (Wildman–Crippen MR) is 112 cm³/mol. The molecule has 0 fully saturated rings. The van der Waals surface area contributed by atoms with E-state index in [9.17, 15) is 0 Å². The van der Waals surface area contributed by atoms with Gasteiger partial charge in [0.15, 0.2) is 0 Å². The van der Waals surface area contributed by atoms with Crippen molar-refractivity contribution in [1.29, 1.82) is 0 Å². The van der Waals surface area contributed by atoms with Crippen molar-refractivity contribution < 1.29 is 0 Å². The first-order chi connectivity index (χ1) is 11.9. The van der Waals surface area contributed by atoms with E-state index in [4.69, 9.17) is 0 Å². The van der Waals surface area contributed by atoms with Crippen molar-refractivity contribution in [3.05, 3.63) is 88.0 Å². The van der Waals surface area contributed by atoms with Gasteiger partial charge in [0, 0.05) is 0 Å². The first-order valence-electron chi connectivity index (χ1n) is 9.08. The molecule has 0 saturated heterocycles. The summed E-state index contributed by atoms with van der Waals surface area (Å²) in [5, 5.41) is 0. The van der Waals surface area contributed by atoms with Crippen LogP contribution >= 0.6 is 0 Å². The summed E-state index contributed by atoms with van der Waals surface area (Å²) in [6.45, 7) is 13.4. The van der Waals surface area contributed by atoms with Crippen LogP contribution in [0.5, 0.6) is 0 Å². The molecular formula is C24H27Al. The van der Waals surface area contributed by atoms with Crippen molar-refractivity contribution in [2.45, 2.75) is 41.5 Å². The van der Waals surface area contributed by atoms with Crippen LogP contribution in [0.2, 0.25) is 0 Å². The molecule has 0 aliphatic rings. The van der Waals surface area contributed by atoms with Gasteiger partial charge in [-0.2, -0.15) is 0 Å². The zero-order chi connectivity index (χ0) is 18.1. The average Bonchev–Trinajstić information content (AvgIpc) is 2.52. The van der Waals surface area contributed by atoms with E-state index in [1.165, 1.54) is 33.4 Å². The third kappa shape index (κ3) is 3.74. The maximum absolute atomic E-state index is 2.38. The minimum atomic E-state index is -1.49. The quantitative estimate of drug-likeness (QED) is 0.630. The molecule has 0 unspecified atom stereocenters. The van der Waals surface area contributed by atoms with Gasteiger partial charge in [-0.15, -0.1) is 0 Å². The van der Waals surface area contributed by atoms with E-state index in [1.807, 2.05) is 0 Å². The van der Waals surface area contributed by atoms with Crippen LogP contribution in [0, 0.1) is 41.5 Å². The lowest BCUT2D eigenvalue weighted by molar-refractivity contribution is 1.39. The van der Waals surface area contributed by atoms with Crippen molar-refractivity contribution in [3.63, 3.8) is 0 Å². The van der Waals surface area contributed by atoms with Gasteiger partial charge in [0.05, 0.1) is 0 Å². The third-order valence-corrected chi connectivity index (χ3v) is 9.02. The van der Waals surface area contributed by atoms with Gasteiger partial charge in [0.1, 0.15) is 0 Å². The van der Waals surface area contributed by atoms with Gasteiger partial charge in [0.25, 0.3) is 0 Å². The van der Waals surface area contributed by atoms with Gasteiger partial charge in [-0.1, -0.05) is 101 Å². The molecule has 0 saturated carbocycles. The molecule has 0 radical (unpaired) electrons. The molecule has 0 heterocycles. The Morgan fingerprint density at radius 2 is 0.720 bits per heavy atom. The highest BCUT2D eigenvalue weighted by Crippen LogP contribution is 2.09. The van der Waals surface area contributed by atoms with Crippen molar-refractivity contribution >= 4 is 27.4 Å². The molecule has 0 aliphatic carbocycles. The Labute approximate surface area is 156 Å². The number of hydrogen-bond donors (Lipinski definition) is 0. The molecule has 0 bridgehead atoms. The van der Waals surface area contributed by atoms with E-state index in [0.717, 1.165) is 0 Å². The molecule has 3 rings (SSSR count). The number of benzene rings is 3. The highest BCUT2D eigenvalue weighted by molar-refractivity contribution is 6.96. The SMILES string of the molecule is Cc1cc[c]([Al]([c]2ccc(C)cc2C)[c]2ccc(C)cc2C)c(C)c1. The highest BCUT2D eigenvalue weighted by Gasteiger charge is 2.29. The van der Waals surface area contributed by atoms with Crippen LogP contribution in [-0.2, 0) is 0 Å². The predicted octanol–water partition coefficient (Wildman–Crippen LogP) is 4.05. The fourth-order valence-electron chi connectivity index (χ4n) is 3.95. The van der Waals surface area contributed by atoms with Crippen LogP contribution in [0.3, 0.4) is 0 Å². The monoisotopic (exact) mass is 342 g/mol. The minimum Gasteiger partial charge on any atom is -0.0958 e. The number of aryl methyl sites for hydroxylation is 6. The van der Waals surface area contributed by atoms with Crippen molar-refractivity contribution in [2.24, 2.45) is 0 Å². The number of hydrogen-bond acceptors (Lipinski definition) is 0. The molecule has 0 amide bonds. The lowest BCUT2D eigenvalue weighted by Crippen LogP contribution is -2.54. The molecular weight excluding hydrogens is 315 g/mol. The molecule has 0 spiro atoms. The van der Waals surface area contributed by atoms with E-state index in [-0.39, 0.29) is 0 Å². The van der Waals surface area contributed by atoms with Crippen LogP contribution in [-0.4, -0.2) is 14.1 Å². The summed E-state index contributed by atoms with van der Waals surface area (Å²) in [5.41, 5.74) is 8.31. The third-order valence-electron chi connectivity index (χ3n) is 5.21. The Kier molecular flexibility index (Phi) is 5.19. The molecule has 126 valence electrons. The van der Waals surface area contributed by atoms with E-state index < -0.39 is 14.1 Å². The second-order valence-electron chi connectivity index (χ2n) is 7.51. The fourth-order valence-corrected chi connectivity index (χ4v) is 7.44. The lowest BCUT2D eigenvalue weighted by atomic mass is 10.1. The molecule has 0 atom stereocenters. The first kappa shape index (κ1) is 18.0. The van der Waals surface area contributed by atoms with Gasteiger partial charge >= 0.3 is 14.1 Å². The van der Waals surface area contributed by atoms with E-state index >= 15 is 0 Å². The maximum Gasteiger partial charge on any atom is 0.384 e. The van der Waals surface area contributed by atoms with Crippen LogP contribution < -0.4 is 13.3 Å². The normalized spacial score (nSPS) is 10.8. The summed E-state index contributed by atoms with van der Waals surface area (Å²) in [7, 11) is 0. The van der Waals surface area contributed by atoms with Crippen LogP contribution in [0.1, 0.15) is 33.4 Å². The minimum absolute atomic E-state index is 1.34. The van der Waals surface area contributed by atoms with Crippen LogP contribution in [0.4, 0.5) is 0 Å². The second kappa shape index (κ2) is 7.21. The van der Waals surface area contributed by atoms with Crippen molar-refractivity contribution in [3.8, 4) is 0 Å². The summed E-state index contributed by atoms with van der Waals surface area (Å²) in [4.78, 5) is 0. The summed E-state index contributed by atoms with van der Waals surface area (Å²) in [6.07, 6.45) is 0. The van der Waals surface area contributed by atoms with Crippen molar-refractivity contribution in [1.82, 2.24) is 0 Å². The van der Waals surface area contributed by atoms with Gasteiger partial charge in [-0.05, 0) is 41.5 Å². The van der Waals surface area contributed by atoms with Gasteiger partial charge in [-0.3, -0.25) is 0 Å². The zero-order valence-corrected chi connectivity index (χ0v) is 17.4.